The third-order valence-corrected chi connectivity index (χ3v) is 2.92. The lowest BCUT2D eigenvalue weighted by molar-refractivity contribution is 0.431. The van der Waals surface area contributed by atoms with Crippen molar-refractivity contribution in [1.82, 2.24) is 10.1 Å². The van der Waals surface area contributed by atoms with Crippen molar-refractivity contribution in [3.63, 3.8) is 0 Å². The Balaban J connectivity index is 1.97. The van der Waals surface area contributed by atoms with E-state index in [1.165, 1.54) is 12.3 Å². The predicted octanol–water partition coefficient (Wildman–Crippen LogP) is 3.54. The molecule has 0 aliphatic carbocycles. The molecule has 3 aromatic rings. The van der Waals surface area contributed by atoms with Crippen LogP contribution >= 0.6 is 0 Å². The summed E-state index contributed by atoms with van der Waals surface area (Å²) >= 11 is 0. The highest BCUT2D eigenvalue weighted by atomic mass is 19.2. The van der Waals surface area contributed by atoms with Crippen LogP contribution in [0.15, 0.2) is 47.4 Å². The largest absolute Gasteiger partial charge is 0.367 e. The summed E-state index contributed by atoms with van der Waals surface area (Å²) in [4.78, 5) is 2.91. The summed E-state index contributed by atoms with van der Waals surface area (Å²) in [6.45, 7) is 0. The SMILES string of the molecule is Fc1cccc(Cc2cnoc2-c2cc[nH]c2)c1F. The Hall–Kier alpha value is -2.43. The van der Waals surface area contributed by atoms with E-state index in [9.17, 15) is 8.78 Å². The Kier molecular flexibility index (Phi) is 2.87. The average molecular weight is 260 g/mol. The summed E-state index contributed by atoms with van der Waals surface area (Å²) in [5.74, 6) is -1.12. The summed E-state index contributed by atoms with van der Waals surface area (Å²) in [6, 6.07) is 5.95. The molecule has 2 heterocycles. The van der Waals surface area contributed by atoms with Gasteiger partial charge in [-0.3, -0.25) is 0 Å². The number of nitrogens with one attached hydrogen (secondary N) is 1. The van der Waals surface area contributed by atoms with Crippen molar-refractivity contribution in [3.05, 3.63) is 65.6 Å². The molecule has 0 saturated heterocycles. The fraction of sp³-hybridized carbons (Fsp3) is 0.0714. The minimum Gasteiger partial charge on any atom is -0.367 e. The number of benzene rings is 1. The van der Waals surface area contributed by atoms with Gasteiger partial charge in [0.1, 0.15) is 0 Å². The molecular formula is C14H10F2N2O. The Morgan fingerprint density at radius 2 is 2.05 bits per heavy atom. The highest BCUT2D eigenvalue weighted by molar-refractivity contribution is 5.60. The van der Waals surface area contributed by atoms with Crippen molar-refractivity contribution >= 4 is 0 Å². The van der Waals surface area contributed by atoms with E-state index < -0.39 is 11.6 Å². The summed E-state index contributed by atoms with van der Waals surface area (Å²) in [5.41, 5.74) is 1.81. The second-order valence-electron chi connectivity index (χ2n) is 4.17. The minimum atomic E-state index is -0.850. The summed E-state index contributed by atoms with van der Waals surface area (Å²) in [5, 5.41) is 3.72. The molecular weight excluding hydrogens is 250 g/mol. The number of hydrogen-bond acceptors (Lipinski definition) is 2. The Morgan fingerprint density at radius 3 is 2.84 bits per heavy atom. The molecule has 0 spiro atoms. The molecule has 0 unspecified atom stereocenters. The number of hydrogen-bond donors (Lipinski definition) is 1. The van der Waals surface area contributed by atoms with Crippen molar-refractivity contribution in [1.29, 1.82) is 0 Å². The van der Waals surface area contributed by atoms with E-state index in [0.29, 0.717) is 11.3 Å². The van der Waals surface area contributed by atoms with E-state index in [1.807, 2.05) is 6.07 Å². The molecule has 96 valence electrons. The number of halogens is 2. The lowest BCUT2D eigenvalue weighted by atomic mass is 10.0. The first kappa shape index (κ1) is 11.6. The summed E-state index contributed by atoms with van der Waals surface area (Å²) in [7, 11) is 0. The molecule has 0 radical (unpaired) electrons. The number of rotatable bonds is 3. The van der Waals surface area contributed by atoms with Crippen LogP contribution in [-0.4, -0.2) is 10.1 Å². The Morgan fingerprint density at radius 1 is 1.16 bits per heavy atom. The van der Waals surface area contributed by atoms with Gasteiger partial charge in [-0.25, -0.2) is 8.78 Å². The predicted molar refractivity (Wildman–Crippen MR) is 65.5 cm³/mol. The molecule has 0 bridgehead atoms. The molecule has 0 aliphatic rings. The van der Waals surface area contributed by atoms with E-state index in [1.54, 1.807) is 18.5 Å². The lowest BCUT2D eigenvalue weighted by Gasteiger charge is -2.03. The van der Waals surface area contributed by atoms with Crippen molar-refractivity contribution in [2.24, 2.45) is 0 Å². The zero-order valence-electron chi connectivity index (χ0n) is 9.86. The van der Waals surface area contributed by atoms with E-state index in [4.69, 9.17) is 4.52 Å². The van der Waals surface area contributed by atoms with Gasteiger partial charge < -0.3 is 9.51 Å². The van der Waals surface area contributed by atoms with Gasteiger partial charge in [0.05, 0.1) is 6.20 Å². The number of nitrogens with zero attached hydrogens (tertiary/aromatic N) is 1. The van der Waals surface area contributed by atoms with E-state index >= 15 is 0 Å². The van der Waals surface area contributed by atoms with E-state index in [-0.39, 0.29) is 12.0 Å². The van der Waals surface area contributed by atoms with Gasteiger partial charge in [-0.1, -0.05) is 17.3 Å². The maximum absolute atomic E-state index is 13.6. The number of aromatic amines is 1. The van der Waals surface area contributed by atoms with Crippen LogP contribution in [0.2, 0.25) is 0 Å². The molecule has 19 heavy (non-hydrogen) atoms. The maximum Gasteiger partial charge on any atom is 0.171 e. The topological polar surface area (TPSA) is 41.8 Å². The van der Waals surface area contributed by atoms with Gasteiger partial charge in [0.15, 0.2) is 17.4 Å². The van der Waals surface area contributed by atoms with Gasteiger partial charge in [0.25, 0.3) is 0 Å². The molecule has 1 aromatic carbocycles. The normalized spacial score (nSPS) is 10.8. The molecule has 0 saturated carbocycles. The average Bonchev–Trinajstić information content (AvgIpc) is 3.05. The van der Waals surface area contributed by atoms with Gasteiger partial charge in [-0.15, -0.1) is 0 Å². The van der Waals surface area contributed by atoms with Crippen LogP contribution in [-0.2, 0) is 6.42 Å². The molecule has 0 aliphatic heterocycles. The van der Waals surface area contributed by atoms with Crippen molar-refractivity contribution in [2.45, 2.75) is 6.42 Å². The third kappa shape index (κ3) is 2.14. The smallest absolute Gasteiger partial charge is 0.171 e. The lowest BCUT2D eigenvalue weighted by Crippen LogP contribution is -1.95. The zero-order chi connectivity index (χ0) is 13.2. The van der Waals surface area contributed by atoms with Crippen LogP contribution in [0.5, 0.6) is 0 Å². The van der Waals surface area contributed by atoms with Crippen LogP contribution < -0.4 is 0 Å². The Labute approximate surface area is 107 Å². The molecule has 3 nitrogen and oxygen atoms in total. The van der Waals surface area contributed by atoms with Gasteiger partial charge in [0.2, 0.25) is 0 Å². The highest BCUT2D eigenvalue weighted by Crippen LogP contribution is 2.26. The quantitative estimate of drug-likeness (QED) is 0.782. The molecule has 0 amide bonds. The second kappa shape index (κ2) is 4.68. The van der Waals surface area contributed by atoms with Crippen molar-refractivity contribution in [2.75, 3.05) is 0 Å². The molecule has 3 rings (SSSR count). The molecule has 0 fully saturated rings. The first-order valence-corrected chi connectivity index (χ1v) is 5.75. The molecule has 0 atom stereocenters. The van der Waals surface area contributed by atoms with Gasteiger partial charge >= 0.3 is 0 Å². The van der Waals surface area contributed by atoms with Gasteiger partial charge in [-0.2, -0.15) is 0 Å². The molecule has 1 N–H and O–H groups in total. The number of aromatic nitrogens is 2. The number of H-pyrrole nitrogens is 1. The van der Waals surface area contributed by atoms with Crippen molar-refractivity contribution < 1.29 is 13.3 Å². The highest BCUT2D eigenvalue weighted by Gasteiger charge is 2.15. The fourth-order valence-electron chi connectivity index (χ4n) is 1.98. The molecule has 5 heteroatoms. The van der Waals surface area contributed by atoms with Crippen LogP contribution in [0.4, 0.5) is 8.78 Å². The third-order valence-electron chi connectivity index (χ3n) is 2.92. The van der Waals surface area contributed by atoms with Crippen LogP contribution in [0.1, 0.15) is 11.1 Å². The second-order valence-corrected chi connectivity index (χ2v) is 4.17. The summed E-state index contributed by atoms with van der Waals surface area (Å²) < 4.78 is 32.0. The zero-order valence-corrected chi connectivity index (χ0v) is 9.86. The fourth-order valence-corrected chi connectivity index (χ4v) is 1.98. The first-order valence-electron chi connectivity index (χ1n) is 5.75. The van der Waals surface area contributed by atoms with Gasteiger partial charge in [0, 0.05) is 29.9 Å². The van der Waals surface area contributed by atoms with E-state index in [0.717, 1.165) is 11.6 Å². The monoisotopic (exact) mass is 260 g/mol. The van der Waals surface area contributed by atoms with Crippen LogP contribution in [0.25, 0.3) is 11.3 Å². The van der Waals surface area contributed by atoms with Crippen LogP contribution in [0.3, 0.4) is 0 Å². The molecule has 2 aromatic heterocycles. The maximum atomic E-state index is 13.6. The summed E-state index contributed by atoms with van der Waals surface area (Å²) in [6.07, 6.45) is 5.26. The Bertz CT molecular complexity index is 689. The van der Waals surface area contributed by atoms with Crippen LogP contribution in [0, 0.1) is 11.6 Å². The van der Waals surface area contributed by atoms with E-state index in [2.05, 4.69) is 10.1 Å². The van der Waals surface area contributed by atoms with Gasteiger partial charge in [-0.05, 0) is 17.7 Å². The van der Waals surface area contributed by atoms with Crippen molar-refractivity contribution in [3.8, 4) is 11.3 Å². The first-order chi connectivity index (χ1) is 9.25. The minimum absolute atomic E-state index is 0.230. The standard InChI is InChI=1S/C14H10F2N2O/c15-12-3-1-2-9(13(12)16)6-11-8-18-19-14(11)10-4-5-17-7-10/h1-5,7-8,17H,6H2.